The Morgan fingerprint density at radius 1 is 1.27 bits per heavy atom. The van der Waals surface area contributed by atoms with Gasteiger partial charge in [0.25, 0.3) is 0 Å². The maximum absolute atomic E-state index is 9.87. The number of aliphatic hydroxyl groups is 1. The first-order valence-electron chi connectivity index (χ1n) is 13.5. The minimum atomic E-state index is -0.379. The summed E-state index contributed by atoms with van der Waals surface area (Å²) >= 11 is 6.70. The van der Waals surface area contributed by atoms with Gasteiger partial charge < -0.3 is 9.84 Å². The van der Waals surface area contributed by atoms with Crippen LogP contribution >= 0.6 is 11.6 Å². The molecule has 0 aliphatic carbocycles. The van der Waals surface area contributed by atoms with E-state index in [0.29, 0.717) is 42.5 Å². The summed E-state index contributed by atoms with van der Waals surface area (Å²) in [7, 11) is 1.48. The van der Waals surface area contributed by atoms with Crippen molar-refractivity contribution in [3.8, 4) is 11.8 Å². The highest BCUT2D eigenvalue weighted by atomic mass is 35.5. The second-order valence-corrected chi connectivity index (χ2v) is 11.0. The first-order valence-corrected chi connectivity index (χ1v) is 13.9. The van der Waals surface area contributed by atoms with Crippen LogP contribution in [0.15, 0.2) is 65.3 Å². The van der Waals surface area contributed by atoms with Crippen molar-refractivity contribution < 1.29 is 15.1 Å². The van der Waals surface area contributed by atoms with Crippen molar-refractivity contribution in [2.24, 2.45) is 4.99 Å². The Bertz CT molecular complexity index is 1270. The number of nitrogens with one attached hydrogen (secondary N) is 1. The van der Waals surface area contributed by atoms with Gasteiger partial charge in [-0.3, -0.25) is 15.5 Å². The Hall–Kier alpha value is -3.19. The smallest absolute Gasteiger partial charge is 0.119 e. The van der Waals surface area contributed by atoms with Gasteiger partial charge in [-0.15, -0.1) is 5.17 Å². The number of ether oxygens (including phenoxy) is 1. The minimum Gasteiger partial charge on any atom is -0.489 e. The van der Waals surface area contributed by atoms with Gasteiger partial charge in [-0.25, -0.2) is 4.99 Å². The Morgan fingerprint density at radius 2 is 1.98 bits per heavy atom. The molecule has 0 atom stereocenters. The number of amidine groups is 1. The molecule has 2 aromatic carbocycles. The number of hydrogen-bond donors (Lipinski definition) is 3. The van der Waals surface area contributed by atoms with Crippen LogP contribution < -0.4 is 10.2 Å². The lowest BCUT2D eigenvalue weighted by Crippen LogP contribution is -2.51. The third kappa shape index (κ3) is 8.65. The summed E-state index contributed by atoms with van der Waals surface area (Å²) in [5, 5.41) is 30.1. The van der Waals surface area contributed by atoms with Crippen LogP contribution in [0.5, 0.6) is 5.75 Å². The lowest BCUT2D eigenvalue weighted by molar-refractivity contribution is -0.0920. The second kappa shape index (κ2) is 14.4. The molecule has 0 amide bonds. The maximum Gasteiger partial charge on any atom is 0.119 e. The first kappa shape index (κ1) is 31.3. The minimum absolute atomic E-state index is 0.245. The van der Waals surface area contributed by atoms with Crippen LogP contribution in [-0.2, 0) is 11.8 Å². The van der Waals surface area contributed by atoms with Gasteiger partial charge in [0.05, 0.1) is 17.7 Å². The number of hydroxylamine groups is 1. The van der Waals surface area contributed by atoms with Crippen molar-refractivity contribution in [1.29, 1.82) is 5.26 Å². The molecule has 0 saturated carbocycles. The molecule has 1 aliphatic heterocycles. The normalized spacial score (nSPS) is 15.4. The summed E-state index contributed by atoms with van der Waals surface area (Å²) in [5.41, 5.74) is 6.79. The molecule has 0 spiro atoms. The molecule has 40 heavy (non-hydrogen) atoms. The van der Waals surface area contributed by atoms with Crippen LogP contribution in [0.3, 0.4) is 0 Å². The van der Waals surface area contributed by atoms with Gasteiger partial charge in [0.1, 0.15) is 18.2 Å². The van der Waals surface area contributed by atoms with Crippen LogP contribution in [0.25, 0.3) is 0 Å². The number of benzene rings is 2. The average molecular weight is 566 g/mol. The van der Waals surface area contributed by atoms with Gasteiger partial charge in [-0.2, -0.15) is 5.26 Å². The molecular weight excluding hydrogens is 526 g/mol. The SMILES string of the molecule is CC/C=C(/C=C\N=C(C)NN(C)O)COc1ccc(C(C)(C)c2cc(Cl)c(CCN3CC(O)C3)c(C#N)c2)cc1. The van der Waals surface area contributed by atoms with E-state index in [1.165, 1.54) is 7.05 Å². The second-order valence-electron chi connectivity index (χ2n) is 10.6. The fourth-order valence-corrected chi connectivity index (χ4v) is 4.91. The van der Waals surface area contributed by atoms with E-state index in [4.69, 9.17) is 16.3 Å². The molecule has 3 N–H and O–H groups in total. The number of hydrogen-bond acceptors (Lipinski definition) is 7. The topological polar surface area (TPSA) is 104 Å². The first-order chi connectivity index (χ1) is 19.0. The third-order valence-electron chi connectivity index (χ3n) is 6.98. The van der Waals surface area contributed by atoms with Crippen LogP contribution in [0.4, 0.5) is 0 Å². The van der Waals surface area contributed by atoms with Crippen LogP contribution in [0.2, 0.25) is 5.02 Å². The predicted molar refractivity (Wildman–Crippen MR) is 160 cm³/mol. The molecule has 1 fully saturated rings. The van der Waals surface area contributed by atoms with E-state index in [-0.39, 0.29) is 11.5 Å². The van der Waals surface area contributed by atoms with Gasteiger partial charge in [0, 0.05) is 43.3 Å². The van der Waals surface area contributed by atoms with Gasteiger partial charge in [0.2, 0.25) is 0 Å². The molecule has 1 saturated heterocycles. The number of aliphatic imine (C=N–C) groups is 1. The van der Waals surface area contributed by atoms with Crippen molar-refractivity contribution in [3.05, 3.63) is 87.6 Å². The zero-order valence-corrected chi connectivity index (χ0v) is 24.7. The molecule has 2 aromatic rings. The number of hydrazine groups is 1. The lowest BCUT2D eigenvalue weighted by Gasteiger charge is -2.36. The Balaban J connectivity index is 1.68. The fraction of sp³-hybridized carbons (Fsp3) is 0.419. The summed E-state index contributed by atoms with van der Waals surface area (Å²) in [6.45, 7) is 10.6. The van der Waals surface area contributed by atoms with E-state index < -0.39 is 0 Å². The zero-order chi connectivity index (χ0) is 29.3. The number of aliphatic hydroxyl groups excluding tert-OH is 1. The highest BCUT2D eigenvalue weighted by Gasteiger charge is 2.27. The van der Waals surface area contributed by atoms with Crippen molar-refractivity contribution in [2.45, 2.75) is 52.1 Å². The number of nitriles is 1. The average Bonchev–Trinajstić information content (AvgIpc) is 2.89. The van der Waals surface area contributed by atoms with Crippen LogP contribution in [0, 0.1) is 11.3 Å². The van der Waals surface area contributed by atoms with Gasteiger partial charge >= 0.3 is 0 Å². The summed E-state index contributed by atoms with van der Waals surface area (Å²) in [4.78, 5) is 6.40. The Kier molecular flexibility index (Phi) is 11.3. The van der Waals surface area contributed by atoms with Crippen LogP contribution in [0.1, 0.15) is 56.4 Å². The molecule has 0 bridgehead atoms. The molecule has 0 unspecified atom stereocenters. The van der Waals surface area contributed by atoms with Crippen molar-refractivity contribution in [2.75, 3.05) is 33.3 Å². The van der Waals surface area contributed by atoms with E-state index in [1.54, 1.807) is 13.1 Å². The molecule has 9 heteroatoms. The van der Waals surface area contributed by atoms with Crippen molar-refractivity contribution in [1.82, 2.24) is 15.5 Å². The maximum atomic E-state index is 9.87. The summed E-state index contributed by atoms with van der Waals surface area (Å²) in [6, 6.07) is 14.3. The van der Waals surface area contributed by atoms with Gasteiger partial charge in [-0.05, 0) is 72.4 Å². The van der Waals surface area contributed by atoms with E-state index >= 15 is 0 Å². The molecule has 1 heterocycles. The van der Waals surface area contributed by atoms with E-state index in [0.717, 1.165) is 46.2 Å². The zero-order valence-electron chi connectivity index (χ0n) is 24.0. The Morgan fingerprint density at radius 3 is 2.58 bits per heavy atom. The molecular formula is C31H40ClN5O3. The largest absolute Gasteiger partial charge is 0.489 e. The van der Waals surface area contributed by atoms with Gasteiger partial charge in [-0.1, -0.05) is 50.6 Å². The van der Waals surface area contributed by atoms with Gasteiger partial charge in [0.15, 0.2) is 0 Å². The fourth-order valence-electron chi connectivity index (χ4n) is 4.59. The molecule has 8 nitrogen and oxygen atoms in total. The molecule has 3 rings (SSSR count). The summed E-state index contributed by atoms with van der Waals surface area (Å²) in [6.07, 6.45) is 6.93. The molecule has 0 radical (unpaired) electrons. The predicted octanol–water partition coefficient (Wildman–Crippen LogP) is 5.23. The van der Waals surface area contributed by atoms with E-state index in [2.05, 4.69) is 48.2 Å². The number of halogens is 1. The molecule has 0 aromatic heterocycles. The van der Waals surface area contributed by atoms with Crippen molar-refractivity contribution >= 4 is 17.4 Å². The molecule has 1 aliphatic rings. The lowest BCUT2D eigenvalue weighted by atomic mass is 9.77. The standard InChI is InChI=1S/C31H40ClN5O3/c1-6-7-23(12-14-34-22(2)35-36(5)39)21-40-28-10-8-25(9-11-28)31(3,4)26-16-24(18-33)29(30(32)17-26)13-15-37-19-27(38)20-37/h7-12,14,16-17,27,38-39H,6,13,15,19-21H2,1-5H3,(H,34,35)/b14-12-,23-7-. The number of likely N-dealkylation sites (tertiary alicyclic amines) is 1. The Labute approximate surface area is 242 Å². The highest BCUT2D eigenvalue weighted by Crippen LogP contribution is 2.36. The number of nitrogens with zero attached hydrogens (tertiary/aromatic N) is 4. The third-order valence-corrected chi connectivity index (χ3v) is 7.32. The van der Waals surface area contributed by atoms with Crippen molar-refractivity contribution in [3.63, 3.8) is 0 Å². The van der Waals surface area contributed by atoms with E-state index in [9.17, 15) is 15.6 Å². The van der Waals surface area contributed by atoms with Crippen LogP contribution in [-0.4, -0.2) is 65.6 Å². The van der Waals surface area contributed by atoms with E-state index in [1.807, 2.05) is 42.5 Å². The number of β-amino-alcohol motifs (C(OH)–C–C–N with tert-alkyl or cyclic N) is 1. The molecule has 214 valence electrons. The monoisotopic (exact) mass is 565 g/mol. The number of rotatable bonds is 12. The summed E-state index contributed by atoms with van der Waals surface area (Å²) < 4.78 is 6.04. The summed E-state index contributed by atoms with van der Waals surface area (Å²) in [5.74, 6) is 1.31. The quantitative estimate of drug-likeness (QED) is 0.140. The number of allylic oxidation sites excluding steroid dienone is 1. The highest BCUT2D eigenvalue weighted by molar-refractivity contribution is 6.31.